The van der Waals surface area contributed by atoms with Crippen LogP contribution in [0.1, 0.15) is 11.1 Å². The summed E-state index contributed by atoms with van der Waals surface area (Å²) >= 11 is 12.4. The fourth-order valence-electron chi connectivity index (χ4n) is 4.78. The molecule has 0 aliphatic carbocycles. The summed E-state index contributed by atoms with van der Waals surface area (Å²) in [4.78, 5) is 7.48. The molecule has 0 radical (unpaired) electrons. The third-order valence-corrected chi connectivity index (χ3v) is 6.50. The van der Waals surface area contributed by atoms with Gasteiger partial charge in [-0.3, -0.25) is 14.7 Å². The first-order chi connectivity index (χ1) is 13.6. The van der Waals surface area contributed by atoms with Crippen LogP contribution in [0.4, 0.5) is 0 Å². The molecule has 0 saturated carbocycles. The van der Waals surface area contributed by atoms with Crippen LogP contribution in [0.5, 0.6) is 0 Å². The zero-order valence-corrected chi connectivity index (χ0v) is 16.9. The first-order valence-corrected chi connectivity index (χ1v) is 10.2. The lowest BCUT2D eigenvalue weighted by Gasteiger charge is -2.60. The lowest BCUT2D eigenvalue weighted by Crippen LogP contribution is -2.74. The van der Waals surface area contributed by atoms with E-state index in [-0.39, 0.29) is 5.41 Å². The summed E-state index contributed by atoms with van der Waals surface area (Å²) in [5.74, 6) is 0. The molecule has 144 valence electrons. The maximum Gasteiger partial charge on any atom is 0.0802 e. The lowest BCUT2D eigenvalue weighted by atomic mass is 9.74. The van der Waals surface area contributed by atoms with Crippen molar-refractivity contribution in [1.82, 2.24) is 14.7 Å². The molecule has 2 aromatic carbocycles. The molecule has 0 amide bonds. The first-order valence-electron chi connectivity index (χ1n) is 9.41. The van der Waals surface area contributed by atoms with Crippen LogP contribution in [-0.4, -0.2) is 66.3 Å². The van der Waals surface area contributed by atoms with E-state index in [0.717, 1.165) is 56.5 Å². The SMILES string of the molecule is Clc1cccc(/C=N\N=C(/c2ccccc2)C23CN4CN(CN(C4)C2)C3)c1Cl. The van der Waals surface area contributed by atoms with E-state index in [1.807, 2.05) is 18.2 Å². The number of halogens is 2. The molecule has 4 fully saturated rings. The van der Waals surface area contributed by atoms with Gasteiger partial charge in [0.25, 0.3) is 0 Å². The minimum absolute atomic E-state index is 0.0361. The van der Waals surface area contributed by atoms with Crippen molar-refractivity contribution in [2.75, 3.05) is 39.6 Å². The molecule has 7 heteroatoms. The minimum atomic E-state index is -0.0361. The molecule has 6 rings (SSSR count). The standard InChI is InChI=1S/C21H21Cl2N5/c22-18-8-4-7-17(19(18)23)9-24-25-20(16-5-2-1-3-6-16)21-10-26-13-27(11-21)15-28(12-21)14-26/h1-9H,10-15H2/b24-9-,25-20+. The Bertz CT molecular complexity index is 906. The highest BCUT2D eigenvalue weighted by Crippen LogP contribution is 2.38. The topological polar surface area (TPSA) is 34.4 Å². The van der Waals surface area contributed by atoms with Gasteiger partial charge in [0.1, 0.15) is 0 Å². The van der Waals surface area contributed by atoms with Gasteiger partial charge in [-0.15, -0.1) is 0 Å². The summed E-state index contributed by atoms with van der Waals surface area (Å²) in [6.07, 6.45) is 1.69. The Kier molecular flexibility index (Phi) is 4.73. The molecule has 0 unspecified atom stereocenters. The van der Waals surface area contributed by atoms with Gasteiger partial charge in [0, 0.05) is 25.2 Å². The van der Waals surface area contributed by atoms with Crippen LogP contribution in [0.25, 0.3) is 0 Å². The number of hydrogen-bond donors (Lipinski definition) is 0. The summed E-state index contributed by atoms with van der Waals surface area (Å²) in [7, 11) is 0. The molecule has 0 N–H and O–H groups in total. The second-order valence-electron chi connectivity index (χ2n) is 7.89. The number of rotatable bonds is 4. The fraction of sp³-hybridized carbons (Fsp3) is 0.333. The quantitative estimate of drug-likeness (QED) is 0.566. The largest absolute Gasteiger partial charge is 0.276 e. The highest BCUT2D eigenvalue weighted by Gasteiger charge is 2.51. The maximum atomic E-state index is 6.29. The maximum absolute atomic E-state index is 6.29. The van der Waals surface area contributed by atoms with E-state index in [9.17, 15) is 0 Å². The fourth-order valence-corrected chi connectivity index (χ4v) is 5.13. The summed E-state index contributed by atoms with van der Waals surface area (Å²) in [6.45, 7) is 6.18. The highest BCUT2D eigenvalue weighted by molar-refractivity contribution is 6.43. The lowest BCUT2D eigenvalue weighted by molar-refractivity contribution is -0.149. The predicted octanol–water partition coefficient (Wildman–Crippen LogP) is 3.62. The van der Waals surface area contributed by atoms with E-state index in [0.29, 0.717) is 10.0 Å². The molecule has 4 aliphatic heterocycles. The molecule has 4 bridgehead atoms. The first kappa shape index (κ1) is 18.3. The van der Waals surface area contributed by atoms with Crippen molar-refractivity contribution in [2.24, 2.45) is 15.6 Å². The van der Waals surface area contributed by atoms with Crippen molar-refractivity contribution in [3.05, 3.63) is 69.7 Å². The minimum Gasteiger partial charge on any atom is -0.276 e. The van der Waals surface area contributed by atoms with Crippen LogP contribution in [0, 0.1) is 5.41 Å². The molecular formula is C21H21Cl2N5. The molecule has 4 aliphatic rings. The van der Waals surface area contributed by atoms with Crippen LogP contribution in [0.2, 0.25) is 10.0 Å². The van der Waals surface area contributed by atoms with Crippen molar-refractivity contribution in [2.45, 2.75) is 0 Å². The van der Waals surface area contributed by atoms with Gasteiger partial charge in [0.2, 0.25) is 0 Å². The van der Waals surface area contributed by atoms with Crippen molar-refractivity contribution in [1.29, 1.82) is 0 Å². The number of benzene rings is 2. The highest BCUT2D eigenvalue weighted by atomic mass is 35.5. The molecule has 2 aromatic rings. The Morgan fingerprint density at radius 1 is 0.857 bits per heavy atom. The summed E-state index contributed by atoms with van der Waals surface area (Å²) in [6, 6.07) is 15.9. The smallest absolute Gasteiger partial charge is 0.0802 e. The average molecular weight is 414 g/mol. The van der Waals surface area contributed by atoms with Gasteiger partial charge in [0.05, 0.1) is 47.4 Å². The van der Waals surface area contributed by atoms with Gasteiger partial charge in [-0.25, -0.2) is 0 Å². The zero-order valence-electron chi connectivity index (χ0n) is 15.4. The van der Waals surface area contributed by atoms with Crippen LogP contribution >= 0.6 is 23.2 Å². The zero-order chi connectivity index (χ0) is 19.1. The summed E-state index contributed by atoms with van der Waals surface area (Å²) in [5, 5.41) is 10.2. The summed E-state index contributed by atoms with van der Waals surface area (Å²) < 4.78 is 0. The normalized spacial score (nSPS) is 31.6. The molecule has 4 heterocycles. The molecule has 5 nitrogen and oxygen atoms in total. The van der Waals surface area contributed by atoms with E-state index in [4.69, 9.17) is 28.3 Å². The van der Waals surface area contributed by atoms with Crippen molar-refractivity contribution in [3.63, 3.8) is 0 Å². The van der Waals surface area contributed by atoms with Crippen molar-refractivity contribution < 1.29 is 0 Å². The molecule has 0 atom stereocenters. The molecule has 0 spiro atoms. The van der Waals surface area contributed by atoms with Crippen molar-refractivity contribution >= 4 is 35.1 Å². The van der Waals surface area contributed by atoms with Gasteiger partial charge in [-0.05, 0) is 11.6 Å². The van der Waals surface area contributed by atoms with Crippen LogP contribution in [-0.2, 0) is 0 Å². The Hall–Kier alpha value is -1.76. The van der Waals surface area contributed by atoms with E-state index in [2.05, 4.69) is 44.1 Å². The molecule has 28 heavy (non-hydrogen) atoms. The van der Waals surface area contributed by atoms with Crippen LogP contribution in [0.3, 0.4) is 0 Å². The Morgan fingerprint density at radius 2 is 1.50 bits per heavy atom. The van der Waals surface area contributed by atoms with Gasteiger partial charge in [-0.1, -0.05) is 65.7 Å². The molecule has 0 aromatic heterocycles. The van der Waals surface area contributed by atoms with Crippen LogP contribution in [0.15, 0.2) is 58.7 Å². The van der Waals surface area contributed by atoms with Crippen molar-refractivity contribution in [3.8, 4) is 0 Å². The van der Waals surface area contributed by atoms with E-state index < -0.39 is 0 Å². The van der Waals surface area contributed by atoms with Gasteiger partial charge >= 0.3 is 0 Å². The van der Waals surface area contributed by atoms with E-state index >= 15 is 0 Å². The molecule has 4 saturated heterocycles. The Balaban J connectivity index is 1.53. The Morgan fingerprint density at radius 3 is 2.14 bits per heavy atom. The monoisotopic (exact) mass is 413 g/mol. The van der Waals surface area contributed by atoms with Crippen LogP contribution < -0.4 is 0 Å². The van der Waals surface area contributed by atoms with Gasteiger partial charge in [-0.2, -0.15) is 10.2 Å². The third kappa shape index (κ3) is 3.27. The number of hydrogen-bond acceptors (Lipinski definition) is 5. The second-order valence-corrected chi connectivity index (χ2v) is 8.68. The number of nitrogens with zero attached hydrogens (tertiary/aromatic N) is 5. The predicted molar refractivity (Wildman–Crippen MR) is 114 cm³/mol. The van der Waals surface area contributed by atoms with Gasteiger partial charge in [0.15, 0.2) is 0 Å². The Labute approximate surface area is 174 Å². The van der Waals surface area contributed by atoms with E-state index in [1.54, 1.807) is 12.3 Å². The molecular weight excluding hydrogens is 393 g/mol. The summed E-state index contributed by atoms with van der Waals surface area (Å²) in [5.41, 5.74) is 2.90. The second kappa shape index (κ2) is 7.25. The van der Waals surface area contributed by atoms with Gasteiger partial charge < -0.3 is 0 Å². The average Bonchev–Trinajstić information content (AvgIpc) is 2.68. The third-order valence-electron chi connectivity index (χ3n) is 5.66. The van der Waals surface area contributed by atoms with E-state index in [1.165, 1.54) is 0 Å².